The summed E-state index contributed by atoms with van der Waals surface area (Å²) in [6.07, 6.45) is 7.85. The molecule has 1 aromatic rings. The molecule has 1 heterocycles. The molecule has 1 fully saturated rings. The van der Waals surface area contributed by atoms with Crippen molar-refractivity contribution >= 4 is 5.91 Å². The van der Waals surface area contributed by atoms with Crippen molar-refractivity contribution in [3.05, 3.63) is 35.4 Å². The first-order valence-corrected chi connectivity index (χ1v) is 9.13. The van der Waals surface area contributed by atoms with Crippen molar-refractivity contribution in [3.8, 4) is 0 Å². The highest BCUT2D eigenvalue weighted by Gasteiger charge is 2.26. The minimum atomic E-state index is 0.116. The van der Waals surface area contributed by atoms with E-state index in [-0.39, 0.29) is 18.1 Å². The van der Waals surface area contributed by atoms with E-state index in [1.807, 2.05) is 30.9 Å². The van der Waals surface area contributed by atoms with Gasteiger partial charge in [0.1, 0.15) is 0 Å². The first-order valence-electron chi connectivity index (χ1n) is 9.13. The lowest BCUT2D eigenvalue weighted by atomic mass is 10.0. The van der Waals surface area contributed by atoms with Gasteiger partial charge in [-0.15, -0.1) is 0 Å². The molecular weight excluding hydrogens is 286 g/mol. The van der Waals surface area contributed by atoms with Crippen LogP contribution in [0.1, 0.15) is 68.8 Å². The smallest absolute Gasteiger partial charge is 0.254 e. The standard InChI is InChI=1S/C20H31NO2/c1-4-5-6-7-8-9-18-10-12-19(13-11-18)20(22)21-14-16(2)23-17(3)15-21/h10-13,16-17H,4-9,14-15H2,1-3H3/t16-,17+. The third-order valence-electron chi connectivity index (χ3n) is 4.48. The molecule has 0 saturated carbocycles. The van der Waals surface area contributed by atoms with Crippen LogP contribution in [0.5, 0.6) is 0 Å². The number of nitrogens with zero attached hydrogens (tertiary/aromatic N) is 1. The van der Waals surface area contributed by atoms with Crippen LogP contribution in [0.25, 0.3) is 0 Å². The Balaban J connectivity index is 1.85. The van der Waals surface area contributed by atoms with E-state index in [4.69, 9.17) is 4.74 Å². The average Bonchev–Trinajstić information content (AvgIpc) is 2.54. The van der Waals surface area contributed by atoms with Crippen LogP contribution in [0.2, 0.25) is 0 Å². The summed E-state index contributed by atoms with van der Waals surface area (Å²) < 4.78 is 5.70. The van der Waals surface area contributed by atoms with Crippen LogP contribution >= 0.6 is 0 Å². The summed E-state index contributed by atoms with van der Waals surface area (Å²) in [5, 5.41) is 0. The third-order valence-corrected chi connectivity index (χ3v) is 4.48. The largest absolute Gasteiger partial charge is 0.372 e. The maximum absolute atomic E-state index is 12.6. The normalized spacial score (nSPS) is 21.4. The van der Waals surface area contributed by atoms with Gasteiger partial charge in [-0.25, -0.2) is 0 Å². The number of hydrogen-bond acceptors (Lipinski definition) is 2. The quantitative estimate of drug-likeness (QED) is 0.695. The topological polar surface area (TPSA) is 29.5 Å². The summed E-state index contributed by atoms with van der Waals surface area (Å²) in [6.45, 7) is 7.66. The van der Waals surface area contributed by atoms with E-state index in [1.54, 1.807) is 0 Å². The van der Waals surface area contributed by atoms with Gasteiger partial charge in [0, 0.05) is 18.7 Å². The van der Waals surface area contributed by atoms with Gasteiger partial charge in [-0.05, 0) is 44.4 Å². The number of ether oxygens (including phenoxy) is 1. The van der Waals surface area contributed by atoms with Gasteiger partial charge in [0.05, 0.1) is 12.2 Å². The van der Waals surface area contributed by atoms with Gasteiger partial charge in [-0.2, -0.15) is 0 Å². The van der Waals surface area contributed by atoms with Crippen molar-refractivity contribution in [1.29, 1.82) is 0 Å². The molecule has 128 valence electrons. The number of unbranched alkanes of at least 4 members (excludes halogenated alkanes) is 4. The van der Waals surface area contributed by atoms with Gasteiger partial charge in [0.2, 0.25) is 0 Å². The second kappa shape index (κ2) is 9.07. The van der Waals surface area contributed by atoms with Crippen LogP contribution in [0.3, 0.4) is 0 Å². The monoisotopic (exact) mass is 317 g/mol. The van der Waals surface area contributed by atoms with Crippen molar-refractivity contribution in [1.82, 2.24) is 4.90 Å². The van der Waals surface area contributed by atoms with E-state index in [2.05, 4.69) is 19.1 Å². The minimum Gasteiger partial charge on any atom is -0.372 e. The van der Waals surface area contributed by atoms with Gasteiger partial charge in [-0.1, -0.05) is 44.7 Å². The number of morpholine rings is 1. The number of aryl methyl sites for hydroxylation is 1. The molecule has 1 aliphatic heterocycles. The maximum Gasteiger partial charge on any atom is 0.254 e. The lowest BCUT2D eigenvalue weighted by molar-refractivity contribution is -0.0586. The van der Waals surface area contributed by atoms with Crippen molar-refractivity contribution in [3.63, 3.8) is 0 Å². The Morgan fingerprint density at radius 1 is 1.04 bits per heavy atom. The molecule has 3 heteroatoms. The molecule has 0 unspecified atom stereocenters. The van der Waals surface area contributed by atoms with Crippen LogP contribution in [-0.4, -0.2) is 36.1 Å². The molecule has 0 bridgehead atoms. The van der Waals surface area contributed by atoms with Crippen LogP contribution in [-0.2, 0) is 11.2 Å². The Kier molecular flexibility index (Phi) is 7.10. The third kappa shape index (κ3) is 5.65. The lowest BCUT2D eigenvalue weighted by Gasteiger charge is -2.35. The van der Waals surface area contributed by atoms with Crippen molar-refractivity contribution in [2.24, 2.45) is 0 Å². The molecule has 23 heavy (non-hydrogen) atoms. The Labute approximate surface area is 141 Å². The molecule has 1 aliphatic rings. The summed E-state index contributed by atoms with van der Waals surface area (Å²) in [4.78, 5) is 14.5. The molecule has 0 N–H and O–H groups in total. The Morgan fingerprint density at radius 2 is 1.65 bits per heavy atom. The fourth-order valence-corrected chi connectivity index (χ4v) is 3.27. The van der Waals surface area contributed by atoms with Crippen molar-refractivity contribution < 1.29 is 9.53 Å². The first-order chi connectivity index (χ1) is 11.1. The predicted octanol–water partition coefficient (Wildman–Crippen LogP) is 4.45. The zero-order chi connectivity index (χ0) is 16.7. The predicted molar refractivity (Wildman–Crippen MR) is 94.8 cm³/mol. The number of amides is 1. The molecular formula is C20H31NO2. The molecule has 0 aromatic heterocycles. The first kappa shape index (κ1) is 18.0. The Morgan fingerprint density at radius 3 is 2.26 bits per heavy atom. The second-order valence-electron chi connectivity index (χ2n) is 6.83. The second-order valence-corrected chi connectivity index (χ2v) is 6.83. The summed E-state index contributed by atoms with van der Waals surface area (Å²) in [5.74, 6) is 0.126. The molecule has 0 spiro atoms. The van der Waals surface area contributed by atoms with Crippen molar-refractivity contribution in [2.45, 2.75) is 71.5 Å². The highest BCUT2D eigenvalue weighted by Crippen LogP contribution is 2.16. The molecule has 1 amide bonds. The average molecular weight is 317 g/mol. The van der Waals surface area contributed by atoms with Crippen LogP contribution in [0, 0.1) is 0 Å². The summed E-state index contributed by atoms with van der Waals surface area (Å²) in [6, 6.07) is 8.18. The van der Waals surface area contributed by atoms with Crippen molar-refractivity contribution in [2.75, 3.05) is 13.1 Å². The van der Waals surface area contributed by atoms with E-state index in [9.17, 15) is 4.79 Å². The highest BCUT2D eigenvalue weighted by atomic mass is 16.5. The van der Waals surface area contributed by atoms with E-state index in [0.29, 0.717) is 13.1 Å². The van der Waals surface area contributed by atoms with Gasteiger partial charge in [-0.3, -0.25) is 4.79 Å². The maximum atomic E-state index is 12.6. The molecule has 0 radical (unpaired) electrons. The van der Waals surface area contributed by atoms with Crippen LogP contribution < -0.4 is 0 Å². The summed E-state index contributed by atoms with van der Waals surface area (Å²) in [7, 11) is 0. The Hall–Kier alpha value is -1.35. The number of benzene rings is 1. The summed E-state index contributed by atoms with van der Waals surface area (Å²) >= 11 is 0. The SMILES string of the molecule is CCCCCCCc1ccc(C(=O)N2C[C@@H](C)O[C@@H](C)C2)cc1. The Bertz CT molecular complexity index is 473. The van der Waals surface area contributed by atoms with Crippen LogP contribution in [0.4, 0.5) is 0 Å². The highest BCUT2D eigenvalue weighted by molar-refractivity contribution is 5.94. The molecule has 1 saturated heterocycles. The van der Waals surface area contributed by atoms with Gasteiger partial charge >= 0.3 is 0 Å². The zero-order valence-electron chi connectivity index (χ0n) is 14.9. The van der Waals surface area contributed by atoms with E-state index in [0.717, 1.165) is 12.0 Å². The minimum absolute atomic E-state index is 0.116. The fraction of sp³-hybridized carbons (Fsp3) is 0.650. The summed E-state index contributed by atoms with van der Waals surface area (Å²) in [5.41, 5.74) is 2.13. The molecule has 1 aromatic carbocycles. The molecule has 2 atom stereocenters. The fourth-order valence-electron chi connectivity index (χ4n) is 3.27. The van der Waals surface area contributed by atoms with E-state index < -0.39 is 0 Å². The number of carbonyl (C=O) groups excluding carboxylic acids is 1. The van der Waals surface area contributed by atoms with Gasteiger partial charge in [0.15, 0.2) is 0 Å². The zero-order valence-corrected chi connectivity index (χ0v) is 14.9. The lowest BCUT2D eigenvalue weighted by Crippen LogP contribution is -2.48. The molecule has 2 rings (SSSR count). The number of hydrogen-bond donors (Lipinski definition) is 0. The van der Waals surface area contributed by atoms with E-state index in [1.165, 1.54) is 37.7 Å². The van der Waals surface area contributed by atoms with E-state index >= 15 is 0 Å². The van der Waals surface area contributed by atoms with Crippen LogP contribution in [0.15, 0.2) is 24.3 Å². The van der Waals surface area contributed by atoms with Gasteiger partial charge < -0.3 is 9.64 Å². The van der Waals surface area contributed by atoms with Gasteiger partial charge in [0.25, 0.3) is 5.91 Å². The molecule has 0 aliphatic carbocycles. The number of carbonyl (C=O) groups is 1. The number of rotatable bonds is 7. The molecule has 3 nitrogen and oxygen atoms in total.